The number of hydrogen-bond acceptors (Lipinski definition) is 3. The fraction of sp³-hybridized carbons (Fsp3) is 0.250. The van der Waals surface area contributed by atoms with Gasteiger partial charge in [-0.2, -0.15) is 0 Å². The number of ether oxygens (including phenoxy) is 2. The molecule has 1 N–H and O–H groups in total. The van der Waals surface area contributed by atoms with Crippen molar-refractivity contribution in [1.29, 1.82) is 0 Å². The molecule has 0 amide bonds. The lowest BCUT2D eigenvalue weighted by molar-refractivity contribution is 0.174. The zero-order chi connectivity index (χ0) is 15.4. The van der Waals surface area contributed by atoms with Crippen LogP contribution in [0.2, 0.25) is 5.02 Å². The van der Waals surface area contributed by atoms with E-state index in [1.807, 2.05) is 18.2 Å². The monoisotopic (exact) mass is 370 g/mol. The molecule has 2 aromatic rings. The first kappa shape index (κ1) is 16.1. The van der Waals surface area contributed by atoms with E-state index in [4.69, 9.17) is 21.1 Å². The van der Waals surface area contributed by atoms with E-state index in [1.165, 1.54) is 0 Å². The Morgan fingerprint density at radius 2 is 1.95 bits per heavy atom. The quantitative estimate of drug-likeness (QED) is 0.847. The van der Waals surface area contributed by atoms with Crippen LogP contribution in [0, 0.1) is 0 Å². The molecule has 0 heterocycles. The Kier molecular flexibility index (Phi) is 5.51. The molecule has 0 aromatic heterocycles. The lowest BCUT2D eigenvalue weighted by Gasteiger charge is -2.17. The highest BCUT2D eigenvalue weighted by Crippen LogP contribution is 2.35. The summed E-state index contributed by atoms with van der Waals surface area (Å²) in [5.74, 6) is 1.32. The smallest absolute Gasteiger partial charge is 0.126 e. The largest absolute Gasteiger partial charge is 0.497 e. The highest BCUT2D eigenvalue weighted by Gasteiger charge is 2.18. The van der Waals surface area contributed by atoms with Crippen LogP contribution in [0.3, 0.4) is 0 Å². The molecule has 1 unspecified atom stereocenters. The van der Waals surface area contributed by atoms with E-state index >= 15 is 0 Å². The highest BCUT2D eigenvalue weighted by atomic mass is 79.9. The predicted octanol–water partition coefficient (Wildman–Crippen LogP) is 4.40. The summed E-state index contributed by atoms with van der Waals surface area (Å²) in [6, 6.07) is 10.9. The third-order valence-corrected chi connectivity index (χ3v) is 4.34. The summed E-state index contributed by atoms with van der Waals surface area (Å²) >= 11 is 9.68. The van der Waals surface area contributed by atoms with Crippen molar-refractivity contribution in [2.75, 3.05) is 14.2 Å². The van der Waals surface area contributed by atoms with Gasteiger partial charge in [-0.05, 0) is 35.9 Å². The average Bonchev–Trinajstić information content (AvgIpc) is 2.48. The topological polar surface area (TPSA) is 38.7 Å². The maximum Gasteiger partial charge on any atom is 0.126 e. The van der Waals surface area contributed by atoms with Gasteiger partial charge in [0.1, 0.15) is 11.5 Å². The van der Waals surface area contributed by atoms with Gasteiger partial charge in [-0.15, -0.1) is 0 Å². The molecule has 0 bridgehead atoms. The Hall–Kier alpha value is -1.23. The van der Waals surface area contributed by atoms with Gasteiger partial charge in [0.05, 0.1) is 25.3 Å². The maximum absolute atomic E-state index is 10.5. The van der Waals surface area contributed by atoms with Crippen LogP contribution in [0.25, 0.3) is 0 Å². The molecule has 0 aliphatic heterocycles. The van der Waals surface area contributed by atoms with Gasteiger partial charge < -0.3 is 14.6 Å². The number of rotatable bonds is 5. The van der Waals surface area contributed by atoms with E-state index in [2.05, 4.69) is 15.9 Å². The lowest BCUT2D eigenvalue weighted by Crippen LogP contribution is -2.05. The minimum atomic E-state index is -0.767. The van der Waals surface area contributed by atoms with E-state index in [0.717, 1.165) is 15.8 Å². The van der Waals surface area contributed by atoms with Gasteiger partial charge in [-0.1, -0.05) is 33.6 Å². The first-order chi connectivity index (χ1) is 10.1. The van der Waals surface area contributed by atoms with Crippen molar-refractivity contribution in [3.63, 3.8) is 0 Å². The van der Waals surface area contributed by atoms with Gasteiger partial charge in [0, 0.05) is 16.5 Å². The average molecular weight is 372 g/mol. The second-order valence-corrected chi connectivity index (χ2v) is 5.79. The van der Waals surface area contributed by atoms with E-state index in [0.29, 0.717) is 22.8 Å². The van der Waals surface area contributed by atoms with Gasteiger partial charge in [-0.25, -0.2) is 0 Å². The fourth-order valence-electron chi connectivity index (χ4n) is 2.16. The molecule has 0 aliphatic carbocycles. The van der Waals surface area contributed by atoms with Crippen molar-refractivity contribution in [1.82, 2.24) is 0 Å². The lowest BCUT2D eigenvalue weighted by atomic mass is 10.0. The summed E-state index contributed by atoms with van der Waals surface area (Å²) < 4.78 is 11.4. The number of aliphatic hydroxyl groups excluding tert-OH is 1. The van der Waals surface area contributed by atoms with E-state index in [9.17, 15) is 5.11 Å². The SMILES string of the molecule is COc1ccc(Br)c(CC(O)c2c(Cl)cccc2OC)c1. The number of methoxy groups -OCH3 is 2. The molecule has 2 rings (SSSR count). The first-order valence-electron chi connectivity index (χ1n) is 6.39. The van der Waals surface area contributed by atoms with Crippen molar-refractivity contribution in [2.45, 2.75) is 12.5 Å². The van der Waals surface area contributed by atoms with Crippen molar-refractivity contribution in [3.05, 3.63) is 57.0 Å². The van der Waals surface area contributed by atoms with Gasteiger partial charge in [0.2, 0.25) is 0 Å². The zero-order valence-corrected chi connectivity index (χ0v) is 14.1. The number of aliphatic hydroxyl groups is 1. The highest BCUT2D eigenvalue weighted by molar-refractivity contribution is 9.10. The summed E-state index contributed by atoms with van der Waals surface area (Å²) in [6.45, 7) is 0. The summed E-state index contributed by atoms with van der Waals surface area (Å²) in [7, 11) is 3.17. The van der Waals surface area contributed by atoms with E-state index in [-0.39, 0.29) is 0 Å². The van der Waals surface area contributed by atoms with Crippen LogP contribution in [-0.4, -0.2) is 19.3 Å². The minimum Gasteiger partial charge on any atom is -0.497 e. The van der Waals surface area contributed by atoms with Crippen LogP contribution in [0.1, 0.15) is 17.2 Å². The number of benzene rings is 2. The summed E-state index contributed by atoms with van der Waals surface area (Å²) in [4.78, 5) is 0. The van der Waals surface area contributed by atoms with Gasteiger partial charge >= 0.3 is 0 Å². The third kappa shape index (κ3) is 3.70. The molecule has 0 saturated carbocycles. The summed E-state index contributed by atoms with van der Waals surface area (Å²) in [6.07, 6.45) is -0.366. The fourth-order valence-corrected chi connectivity index (χ4v) is 2.86. The molecule has 112 valence electrons. The predicted molar refractivity (Wildman–Crippen MR) is 87.4 cm³/mol. The molecule has 0 fully saturated rings. The number of halogens is 2. The molecular weight excluding hydrogens is 356 g/mol. The van der Waals surface area contributed by atoms with Crippen LogP contribution in [-0.2, 0) is 6.42 Å². The maximum atomic E-state index is 10.5. The van der Waals surface area contributed by atoms with Crippen molar-refractivity contribution < 1.29 is 14.6 Å². The molecule has 0 radical (unpaired) electrons. The molecule has 3 nitrogen and oxygen atoms in total. The Balaban J connectivity index is 2.32. The van der Waals surface area contributed by atoms with Crippen LogP contribution in [0.5, 0.6) is 11.5 Å². The zero-order valence-electron chi connectivity index (χ0n) is 11.8. The van der Waals surface area contributed by atoms with Gasteiger partial charge in [0.25, 0.3) is 0 Å². The van der Waals surface area contributed by atoms with Crippen LogP contribution in [0.15, 0.2) is 40.9 Å². The van der Waals surface area contributed by atoms with Crippen LogP contribution in [0.4, 0.5) is 0 Å². The van der Waals surface area contributed by atoms with Gasteiger partial charge in [0.15, 0.2) is 0 Å². The van der Waals surface area contributed by atoms with Crippen LogP contribution >= 0.6 is 27.5 Å². The standard InChI is InChI=1S/C16H16BrClO3/c1-20-11-6-7-12(17)10(8-11)9-14(19)16-13(18)4-3-5-15(16)21-2/h3-8,14,19H,9H2,1-2H3. The molecule has 2 aromatic carbocycles. The Labute approximate surface area is 137 Å². The van der Waals surface area contributed by atoms with E-state index in [1.54, 1.807) is 32.4 Å². The Bertz CT molecular complexity index is 631. The van der Waals surface area contributed by atoms with Crippen molar-refractivity contribution >= 4 is 27.5 Å². The molecule has 5 heteroatoms. The first-order valence-corrected chi connectivity index (χ1v) is 7.56. The third-order valence-electron chi connectivity index (χ3n) is 3.23. The van der Waals surface area contributed by atoms with E-state index < -0.39 is 6.10 Å². The normalized spacial score (nSPS) is 12.0. The van der Waals surface area contributed by atoms with Crippen molar-refractivity contribution in [2.24, 2.45) is 0 Å². The minimum absolute atomic E-state index is 0.401. The van der Waals surface area contributed by atoms with Gasteiger partial charge in [-0.3, -0.25) is 0 Å². The molecule has 21 heavy (non-hydrogen) atoms. The molecule has 1 atom stereocenters. The summed E-state index contributed by atoms with van der Waals surface area (Å²) in [5.41, 5.74) is 1.53. The summed E-state index contributed by atoms with van der Waals surface area (Å²) in [5, 5.41) is 11.0. The number of hydrogen-bond donors (Lipinski definition) is 1. The second-order valence-electron chi connectivity index (χ2n) is 4.53. The molecule has 0 spiro atoms. The molecule has 0 saturated heterocycles. The Morgan fingerprint density at radius 1 is 1.19 bits per heavy atom. The van der Waals surface area contributed by atoms with Crippen LogP contribution < -0.4 is 9.47 Å². The Morgan fingerprint density at radius 3 is 2.62 bits per heavy atom. The molecule has 0 aliphatic rings. The molecular formula is C16H16BrClO3. The van der Waals surface area contributed by atoms with Crippen molar-refractivity contribution in [3.8, 4) is 11.5 Å². The second kappa shape index (κ2) is 7.16.